The molecule has 0 unspecified atom stereocenters. The molecule has 0 bridgehead atoms. The molecule has 2 nitrogen and oxygen atoms in total. The highest BCUT2D eigenvalue weighted by Crippen LogP contribution is 2.04. The van der Waals surface area contributed by atoms with Gasteiger partial charge >= 0.3 is 5.97 Å². The molecule has 0 saturated heterocycles. The molecular formula is C7H12O2S. The molecule has 3 heteroatoms. The third-order valence-electron chi connectivity index (χ3n) is 0.991. The highest BCUT2D eigenvalue weighted by molar-refractivity contribution is 7.94. The highest BCUT2D eigenvalue weighted by atomic mass is 32.2. The van der Waals surface area contributed by atoms with E-state index in [0.717, 1.165) is 18.5 Å². The van der Waals surface area contributed by atoms with Crippen LogP contribution < -0.4 is 0 Å². The average Bonchev–Trinajstić information content (AvgIpc) is 1.89. The summed E-state index contributed by atoms with van der Waals surface area (Å²) in [5, 5.41) is 0. The zero-order valence-electron chi connectivity index (χ0n) is 6.51. The minimum Gasteiger partial charge on any atom is -0.388 e. The molecule has 0 heterocycles. The van der Waals surface area contributed by atoms with Crippen LogP contribution in [-0.2, 0) is 8.98 Å². The molecular weight excluding hydrogens is 148 g/mol. The van der Waals surface area contributed by atoms with Crippen LogP contribution in [0.1, 0.15) is 20.3 Å². The molecule has 0 fully saturated rings. The van der Waals surface area contributed by atoms with Gasteiger partial charge in [0, 0.05) is 11.8 Å². The van der Waals surface area contributed by atoms with Crippen molar-refractivity contribution in [1.29, 1.82) is 0 Å². The van der Waals surface area contributed by atoms with Crippen LogP contribution in [0, 0.1) is 0 Å². The van der Waals surface area contributed by atoms with Gasteiger partial charge in [-0.2, -0.15) is 0 Å². The van der Waals surface area contributed by atoms with Crippen LogP contribution in [0.15, 0.2) is 11.6 Å². The Labute approximate surface area is 65.8 Å². The second-order valence-electron chi connectivity index (χ2n) is 1.83. The molecule has 0 N–H and O–H groups in total. The first-order valence-corrected chi connectivity index (χ1v) is 4.29. The summed E-state index contributed by atoms with van der Waals surface area (Å²) in [6, 6.07) is 0. The summed E-state index contributed by atoms with van der Waals surface area (Å²) >= 11 is 1.07. The van der Waals surface area contributed by atoms with Gasteiger partial charge in [0.1, 0.15) is 0 Å². The van der Waals surface area contributed by atoms with Gasteiger partial charge < -0.3 is 4.18 Å². The number of allylic oxidation sites excluding steroid dienone is 1. The van der Waals surface area contributed by atoms with E-state index in [1.807, 2.05) is 13.0 Å². The van der Waals surface area contributed by atoms with Crippen LogP contribution in [-0.4, -0.2) is 12.2 Å². The van der Waals surface area contributed by atoms with E-state index in [1.54, 1.807) is 13.2 Å². The summed E-state index contributed by atoms with van der Waals surface area (Å²) in [4.78, 5) is 10.8. The van der Waals surface area contributed by atoms with Crippen molar-refractivity contribution in [2.24, 2.45) is 0 Å². The van der Waals surface area contributed by atoms with Gasteiger partial charge in [0.25, 0.3) is 0 Å². The lowest BCUT2D eigenvalue weighted by molar-refractivity contribution is -0.128. The lowest BCUT2D eigenvalue weighted by Gasteiger charge is -1.97. The van der Waals surface area contributed by atoms with Gasteiger partial charge in [0.05, 0.1) is 12.0 Å². The SMILES string of the molecule is CCC=C(C)C(=O)OSC. The van der Waals surface area contributed by atoms with Gasteiger partial charge in [-0.1, -0.05) is 13.0 Å². The number of carbonyl (C=O) groups is 1. The minimum absolute atomic E-state index is 0.241. The predicted molar refractivity (Wildman–Crippen MR) is 43.7 cm³/mol. The summed E-state index contributed by atoms with van der Waals surface area (Å²) in [5.74, 6) is -0.241. The first-order valence-electron chi connectivity index (χ1n) is 3.14. The topological polar surface area (TPSA) is 26.3 Å². The Morgan fingerprint density at radius 3 is 2.70 bits per heavy atom. The smallest absolute Gasteiger partial charge is 0.345 e. The summed E-state index contributed by atoms with van der Waals surface area (Å²) in [7, 11) is 0. The molecule has 0 aromatic carbocycles. The first kappa shape index (κ1) is 9.56. The molecule has 0 saturated carbocycles. The quantitative estimate of drug-likeness (QED) is 0.467. The first-order chi connectivity index (χ1) is 4.72. The van der Waals surface area contributed by atoms with Gasteiger partial charge in [-0.25, -0.2) is 4.79 Å². The van der Waals surface area contributed by atoms with Crippen molar-refractivity contribution in [2.75, 3.05) is 6.26 Å². The maximum Gasteiger partial charge on any atom is 0.345 e. The minimum atomic E-state index is -0.241. The van der Waals surface area contributed by atoms with Crippen molar-refractivity contribution in [3.05, 3.63) is 11.6 Å². The Hall–Kier alpha value is -0.440. The zero-order chi connectivity index (χ0) is 7.98. The molecule has 0 aliphatic heterocycles. The Morgan fingerprint density at radius 1 is 1.70 bits per heavy atom. The Kier molecular flexibility index (Phi) is 5.12. The van der Waals surface area contributed by atoms with Crippen LogP contribution in [0.4, 0.5) is 0 Å². The van der Waals surface area contributed by atoms with Gasteiger partial charge in [-0.3, -0.25) is 0 Å². The van der Waals surface area contributed by atoms with Crippen LogP contribution in [0.2, 0.25) is 0 Å². The molecule has 0 aliphatic rings. The third-order valence-corrected chi connectivity index (χ3v) is 1.31. The zero-order valence-corrected chi connectivity index (χ0v) is 7.33. The summed E-state index contributed by atoms with van der Waals surface area (Å²) in [6.07, 6.45) is 4.44. The lowest BCUT2D eigenvalue weighted by Crippen LogP contribution is -1.99. The molecule has 10 heavy (non-hydrogen) atoms. The Morgan fingerprint density at radius 2 is 2.30 bits per heavy atom. The van der Waals surface area contributed by atoms with Crippen molar-refractivity contribution >= 4 is 18.0 Å². The Bertz CT molecular complexity index is 141. The molecule has 0 atom stereocenters. The fraction of sp³-hybridized carbons (Fsp3) is 0.571. The van der Waals surface area contributed by atoms with Crippen LogP contribution in [0.5, 0.6) is 0 Å². The van der Waals surface area contributed by atoms with E-state index in [-0.39, 0.29) is 5.97 Å². The number of hydrogen-bond acceptors (Lipinski definition) is 3. The van der Waals surface area contributed by atoms with Gasteiger partial charge in [0.2, 0.25) is 0 Å². The summed E-state index contributed by atoms with van der Waals surface area (Å²) in [5.41, 5.74) is 0.678. The second kappa shape index (κ2) is 5.35. The molecule has 0 amide bonds. The van der Waals surface area contributed by atoms with E-state index in [2.05, 4.69) is 4.18 Å². The highest BCUT2D eigenvalue weighted by Gasteiger charge is 2.02. The van der Waals surface area contributed by atoms with E-state index in [0.29, 0.717) is 5.57 Å². The fourth-order valence-corrected chi connectivity index (χ4v) is 0.814. The second-order valence-corrected chi connectivity index (χ2v) is 2.33. The van der Waals surface area contributed by atoms with E-state index in [4.69, 9.17) is 0 Å². The van der Waals surface area contributed by atoms with Gasteiger partial charge in [0.15, 0.2) is 0 Å². The molecule has 0 aromatic rings. The molecule has 0 spiro atoms. The molecule has 0 aromatic heterocycles. The van der Waals surface area contributed by atoms with Crippen molar-refractivity contribution in [3.8, 4) is 0 Å². The van der Waals surface area contributed by atoms with Crippen molar-refractivity contribution in [2.45, 2.75) is 20.3 Å². The number of hydrogen-bond donors (Lipinski definition) is 0. The fourth-order valence-electron chi connectivity index (χ4n) is 0.531. The summed E-state index contributed by atoms with van der Waals surface area (Å²) in [6.45, 7) is 3.73. The van der Waals surface area contributed by atoms with Crippen molar-refractivity contribution in [3.63, 3.8) is 0 Å². The normalized spacial score (nSPS) is 11.3. The van der Waals surface area contributed by atoms with Crippen molar-refractivity contribution in [1.82, 2.24) is 0 Å². The maximum absolute atomic E-state index is 10.8. The third kappa shape index (κ3) is 3.56. The van der Waals surface area contributed by atoms with Crippen molar-refractivity contribution < 1.29 is 8.98 Å². The number of carbonyl (C=O) groups excluding carboxylic acids is 1. The standard InChI is InChI=1S/C7H12O2S/c1-4-5-6(2)7(8)9-10-3/h5H,4H2,1-3H3. The number of rotatable bonds is 3. The van der Waals surface area contributed by atoms with E-state index < -0.39 is 0 Å². The molecule has 0 aliphatic carbocycles. The maximum atomic E-state index is 10.8. The van der Waals surface area contributed by atoms with Crippen LogP contribution in [0.25, 0.3) is 0 Å². The predicted octanol–water partition coefficient (Wildman–Crippen LogP) is 2.16. The van der Waals surface area contributed by atoms with Gasteiger partial charge in [-0.15, -0.1) is 0 Å². The van der Waals surface area contributed by atoms with E-state index >= 15 is 0 Å². The van der Waals surface area contributed by atoms with Crippen LogP contribution >= 0.6 is 12.0 Å². The Balaban J connectivity index is 3.82. The monoisotopic (exact) mass is 160 g/mol. The molecule has 58 valence electrons. The molecule has 0 rings (SSSR count). The van der Waals surface area contributed by atoms with Crippen LogP contribution in [0.3, 0.4) is 0 Å². The van der Waals surface area contributed by atoms with Gasteiger partial charge in [-0.05, 0) is 13.3 Å². The van der Waals surface area contributed by atoms with E-state index in [1.165, 1.54) is 0 Å². The van der Waals surface area contributed by atoms with E-state index in [9.17, 15) is 4.79 Å². The largest absolute Gasteiger partial charge is 0.388 e. The molecule has 0 radical (unpaired) electrons. The average molecular weight is 160 g/mol. The lowest BCUT2D eigenvalue weighted by atomic mass is 10.2. The summed E-state index contributed by atoms with van der Waals surface area (Å²) < 4.78 is 4.67.